The number of hydrogen-bond acceptors (Lipinski definition) is 2. The van der Waals surface area contributed by atoms with Gasteiger partial charge in [0.2, 0.25) is 0 Å². The number of likely N-dealkylation sites (tertiary alicyclic amines) is 1. The second kappa shape index (κ2) is 9.96. The van der Waals surface area contributed by atoms with E-state index >= 15 is 0 Å². The maximum Gasteiger partial charge on any atom is 0.171 e. The molecule has 0 spiro atoms. The summed E-state index contributed by atoms with van der Waals surface area (Å²) >= 11 is 5.97. The Bertz CT molecular complexity index is 649. The van der Waals surface area contributed by atoms with Crippen LogP contribution in [0.5, 0.6) is 0 Å². The summed E-state index contributed by atoms with van der Waals surface area (Å²) < 4.78 is 0. The van der Waals surface area contributed by atoms with Crippen molar-refractivity contribution in [3.8, 4) is 0 Å². The summed E-state index contributed by atoms with van der Waals surface area (Å²) in [7, 11) is 0. The molecule has 0 bridgehead atoms. The van der Waals surface area contributed by atoms with Crippen LogP contribution in [0.3, 0.4) is 0 Å². The number of nitrogens with zero attached hydrogens (tertiary/aromatic N) is 1. The zero-order valence-corrected chi connectivity index (χ0v) is 15.9. The third kappa shape index (κ3) is 5.57. The van der Waals surface area contributed by atoms with E-state index in [1.54, 1.807) is 12.1 Å². The van der Waals surface area contributed by atoms with E-state index in [9.17, 15) is 4.79 Å². The van der Waals surface area contributed by atoms with Crippen molar-refractivity contribution in [2.24, 2.45) is 0 Å². The molecule has 0 aromatic heterocycles. The van der Waals surface area contributed by atoms with Crippen LogP contribution in [-0.2, 0) is 0 Å². The van der Waals surface area contributed by atoms with Crippen molar-refractivity contribution in [1.82, 2.24) is 4.90 Å². The Balaban J connectivity index is 0.00000225. The standard InChI is InChI=1S/C21H24ClNO.ClH/c22-19-12-10-18(11-13-19)21(24)20(17-8-4-3-5-9-17)16-23-14-6-1-2-7-15-23;/h3-5,8-13,20H,1-2,6-7,14-16H2;1H. The lowest BCUT2D eigenvalue weighted by Crippen LogP contribution is -2.33. The van der Waals surface area contributed by atoms with Gasteiger partial charge in [0.25, 0.3) is 0 Å². The van der Waals surface area contributed by atoms with E-state index in [0.29, 0.717) is 5.02 Å². The summed E-state index contributed by atoms with van der Waals surface area (Å²) in [5, 5.41) is 0.662. The molecule has 25 heavy (non-hydrogen) atoms. The molecule has 1 unspecified atom stereocenters. The van der Waals surface area contributed by atoms with Crippen molar-refractivity contribution in [1.29, 1.82) is 0 Å². The first kappa shape index (κ1) is 20.0. The molecule has 4 heteroatoms. The molecule has 2 nitrogen and oxygen atoms in total. The number of halogens is 2. The number of benzene rings is 2. The Morgan fingerprint density at radius 2 is 1.52 bits per heavy atom. The smallest absolute Gasteiger partial charge is 0.171 e. The quantitative estimate of drug-likeness (QED) is 0.631. The van der Waals surface area contributed by atoms with Crippen molar-refractivity contribution >= 4 is 29.8 Å². The lowest BCUT2D eigenvalue weighted by Gasteiger charge is -2.26. The second-order valence-corrected chi connectivity index (χ2v) is 6.99. The minimum atomic E-state index is -0.120. The molecular weight excluding hydrogens is 353 g/mol. The number of ketones is 1. The maximum atomic E-state index is 13.1. The van der Waals surface area contributed by atoms with E-state index in [1.165, 1.54) is 25.7 Å². The fourth-order valence-corrected chi connectivity index (χ4v) is 3.54. The van der Waals surface area contributed by atoms with Crippen LogP contribution in [0.4, 0.5) is 0 Å². The van der Waals surface area contributed by atoms with Crippen molar-refractivity contribution in [3.05, 3.63) is 70.7 Å². The molecule has 1 fully saturated rings. The minimum Gasteiger partial charge on any atom is -0.302 e. The molecule has 0 amide bonds. The fourth-order valence-electron chi connectivity index (χ4n) is 3.42. The van der Waals surface area contributed by atoms with Crippen LogP contribution in [0.15, 0.2) is 54.6 Å². The Morgan fingerprint density at radius 3 is 2.12 bits per heavy atom. The Kier molecular flexibility index (Phi) is 7.95. The summed E-state index contributed by atoms with van der Waals surface area (Å²) in [5.41, 5.74) is 1.84. The van der Waals surface area contributed by atoms with Gasteiger partial charge in [-0.15, -0.1) is 12.4 Å². The SMILES string of the molecule is Cl.O=C(c1ccc(Cl)cc1)C(CN1CCCCCC1)c1ccccc1. The topological polar surface area (TPSA) is 20.3 Å². The number of hydrogen-bond donors (Lipinski definition) is 0. The monoisotopic (exact) mass is 377 g/mol. The minimum absolute atomic E-state index is 0. The molecule has 0 saturated carbocycles. The lowest BCUT2D eigenvalue weighted by atomic mass is 9.90. The zero-order valence-electron chi connectivity index (χ0n) is 14.4. The van der Waals surface area contributed by atoms with Gasteiger partial charge in [0.15, 0.2) is 5.78 Å². The van der Waals surface area contributed by atoms with Crippen molar-refractivity contribution in [3.63, 3.8) is 0 Å². The molecule has 1 aliphatic heterocycles. The Morgan fingerprint density at radius 1 is 0.920 bits per heavy atom. The average molecular weight is 378 g/mol. The third-order valence-electron chi connectivity index (χ3n) is 4.79. The molecule has 0 aliphatic carbocycles. The van der Waals surface area contributed by atoms with Crippen LogP contribution >= 0.6 is 24.0 Å². The van der Waals surface area contributed by atoms with E-state index in [0.717, 1.165) is 30.8 Å². The number of Topliss-reactive ketones (excluding diaryl/α,β-unsaturated/α-hetero) is 1. The number of carbonyl (C=O) groups is 1. The molecule has 3 rings (SSSR count). The highest BCUT2D eigenvalue weighted by Crippen LogP contribution is 2.24. The first-order valence-corrected chi connectivity index (χ1v) is 9.19. The van der Waals surface area contributed by atoms with Crippen LogP contribution < -0.4 is 0 Å². The average Bonchev–Trinajstić information content (AvgIpc) is 2.89. The van der Waals surface area contributed by atoms with Gasteiger partial charge in [-0.25, -0.2) is 0 Å². The summed E-state index contributed by atoms with van der Waals surface area (Å²) in [5.74, 6) is 0.0626. The molecule has 0 N–H and O–H groups in total. The summed E-state index contributed by atoms with van der Waals surface area (Å²) in [4.78, 5) is 15.6. The predicted octanol–water partition coefficient (Wildman–Crippen LogP) is 5.60. The maximum absolute atomic E-state index is 13.1. The Labute approximate surface area is 161 Å². The third-order valence-corrected chi connectivity index (χ3v) is 5.04. The highest BCUT2D eigenvalue weighted by Gasteiger charge is 2.25. The van der Waals surface area contributed by atoms with Gasteiger partial charge in [0, 0.05) is 17.1 Å². The zero-order chi connectivity index (χ0) is 16.8. The van der Waals surface area contributed by atoms with Crippen LogP contribution in [-0.4, -0.2) is 30.3 Å². The van der Waals surface area contributed by atoms with Gasteiger partial charge >= 0.3 is 0 Å². The van der Waals surface area contributed by atoms with Gasteiger partial charge in [0.05, 0.1) is 5.92 Å². The van der Waals surface area contributed by atoms with E-state index in [2.05, 4.69) is 17.0 Å². The van der Waals surface area contributed by atoms with Gasteiger partial charge < -0.3 is 4.90 Å². The van der Waals surface area contributed by atoms with Gasteiger partial charge in [-0.05, 0) is 55.8 Å². The second-order valence-electron chi connectivity index (χ2n) is 6.55. The summed E-state index contributed by atoms with van der Waals surface area (Å²) in [6.45, 7) is 2.99. The summed E-state index contributed by atoms with van der Waals surface area (Å²) in [6, 6.07) is 17.4. The molecule has 1 saturated heterocycles. The fraction of sp³-hybridized carbons (Fsp3) is 0.381. The first-order valence-electron chi connectivity index (χ1n) is 8.81. The van der Waals surface area contributed by atoms with Gasteiger partial charge in [0.1, 0.15) is 0 Å². The van der Waals surface area contributed by atoms with Crippen LogP contribution in [0, 0.1) is 0 Å². The molecule has 2 aromatic carbocycles. The Hall–Kier alpha value is -1.35. The molecular formula is C21H25Cl2NO. The van der Waals surface area contributed by atoms with E-state index in [4.69, 9.17) is 11.6 Å². The predicted molar refractivity (Wildman–Crippen MR) is 107 cm³/mol. The normalized spacial score (nSPS) is 16.5. The molecule has 1 atom stereocenters. The number of carbonyl (C=O) groups excluding carboxylic acids is 1. The molecule has 1 heterocycles. The molecule has 1 aliphatic rings. The van der Waals surface area contributed by atoms with E-state index in [-0.39, 0.29) is 24.1 Å². The van der Waals surface area contributed by atoms with Crippen LogP contribution in [0.1, 0.15) is 47.5 Å². The van der Waals surface area contributed by atoms with Gasteiger partial charge in [-0.3, -0.25) is 4.79 Å². The van der Waals surface area contributed by atoms with Gasteiger partial charge in [-0.1, -0.05) is 54.8 Å². The van der Waals surface area contributed by atoms with E-state index in [1.807, 2.05) is 30.3 Å². The summed E-state index contributed by atoms with van der Waals surface area (Å²) in [6.07, 6.45) is 5.07. The number of rotatable bonds is 5. The van der Waals surface area contributed by atoms with Crippen molar-refractivity contribution < 1.29 is 4.79 Å². The lowest BCUT2D eigenvalue weighted by molar-refractivity contribution is 0.0934. The van der Waals surface area contributed by atoms with Crippen LogP contribution in [0.2, 0.25) is 5.02 Å². The van der Waals surface area contributed by atoms with Gasteiger partial charge in [-0.2, -0.15) is 0 Å². The molecule has 134 valence electrons. The molecule has 0 radical (unpaired) electrons. The van der Waals surface area contributed by atoms with Crippen LogP contribution in [0.25, 0.3) is 0 Å². The van der Waals surface area contributed by atoms with Crippen molar-refractivity contribution in [2.75, 3.05) is 19.6 Å². The first-order chi connectivity index (χ1) is 11.7. The molecule has 2 aromatic rings. The highest BCUT2D eigenvalue weighted by molar-refractivity contribution is 6.30. The van der Waals surface area contributed by atoms with E-state index < -0.39 is 0 Å². The van der Waals surface area contributed by atoms with Crippen molar-refractivity contribution in [2.45, 2.75) is 31.6 Å². The largest absolute Gasteiger partial charge is 0.302 e. The highest BCUT2D eigenvalue weighted by atomic mass is 35.5.